The number of piperazine rings is 1. The third-order valence-electron chi connectivity index (χ3n) is 6.20. The van der Waals surface area contributed by atoms with E-state index in [9.17, 15) is 39.6 Å². The van der Waals surface area contributed by atoms with Gasteiger partial charge in [0.2, 0.25) is 10.0 Å². The van der Waals surface area contributed by atoms with Gasteiger partial charge in [0.25, 0.3) is 5.91 Å². The molecule has 0 atom stereocenters. The number of sulfonamides is 1. The van der Waals surface area contributed by atoms with E-state index >= 15 is 0 Å². The SMILES string of the molecule is COc1cc(/C=C2/SC(N3CCN(S(C)(=O)=O)CC3)=NC2=O)ccc1OCc1ccc(C(F)(F)F)cc1C(F)(F)F. The Kier molecular flexibility index (Phi) is 8.66. The second-order valence-corrected chi connectivity index (χ2v) is 12.0. The molecule has 0 aliphatic carbocycles. The molecule has 1 saturated heterocycles. The fourth-order valence-electron chi connectivity index (χ4n) is 4.09. The Morgan fingerprint density at radius 3 is 2.24 bits per heavy atom. The summed E-state index contributed by atoms with van der Waals surface area (Å²) in [4.78, 5) is 18.7. The molecule has 0 aromatic heterocycles. The predicted octanol–water partition coefficient (Wildman–Crippen LogP) is 4.86. The summed E-state index contributed by atoms with van der Waals surface area (Å²) in [5.74, 6) is -0.334. The third kappa shape index (κ3) is 7.35. The van der Waals surface area contributed by atoms with Crippen LogP contribution in [0.25, 0.3) is 6.08 Å². The summed E-state index contributed by atoms with van der Waals surface area (Å²) < 4.78 is 115. The topological polar surface area (TPSA) is 88.5 Å². The Bertz CT molecular complexity index is 1500. The number of rotatable bonds is 6. The Hall–Kier alpha value is -3.24. The largest absolute Gasteiger partial charge is 0.493 e. The van der Waals surface area contributed by atoms with Gasteiger partial charge in [0.05, 0.1) is 29.4 Å². The van der Waals surface area contributed by atoms with Gasteiger partial charge in [-0.3, -0.25) is 4.79 Å². The first-order valence-corrected chi connectivity index (χ1v) is 14.5. The number of carbonyl (C=O) groups is 1. The molecule has 1 amide bonds. The van der Waals surface area contributed by atoms with Gasteiger partial charge in [-0.05, 0) is 47.7 Å². The molecule has 2 aliphatic heterocycles. The summed E-state index contributed by atoms with van der Waals surface area (Å²) in [7, 11) is -2.02. The van der Waals surface area contributed by atoms with Crippen LogP contribution in [-0.4, -0.2) is 68.2 Å². The fraction of sp³-hybridized carbons (Fsp3) is 0.360. The first-order valence-electron chi connectivity index (χ1n) is 11.9. The minimum atomic E-state index is -5.03. The van der Waals surface area contributed by atoms with Crippen LogP contribution in [0.1, 0.15) is 22.3 Å². The first kappa shape index (κ1) is 30.7. The number of alkyl halides is 6. The molecule has 16 heteroatoms. The Morgan fingerprint density at radius 2 is 1.66 bits per heavy atom. The standard InChI is InChI=1S/C25H23F6N3O5S2/c1-38-20-11-15(12-21-22(35)32-23(40-21)33-7-9-34(10-8-33)41(2,36)37)3-6-19(20)39-14-16-4-5-17(24(26,27)28)13-18(16)25(29,30)31/h3-6,11-13H,7-10,14H2,1-2H3/b21-12+. The molecule has 8 nitrogen and oxygen atoms in total. The van der Waals surface area contributed by atoms with Gasteiger partial charge in [-0.15, -0.1) is 0 Å². The number of carbonyl (C=O) groups excluding carboxylic acids is 1. The smallest absolute Gasteiger partial charge is 0.416 e. The van der Waals surface area contributed by atoms with Crippen LogP contribution in [0.5, 0.6) is 11.5 Å². The molecule has 0 N–H and O–H groups in total. The van der Waals surface area contributed by atoms with E-state index in [1.54, 1.807) is 6.08 Å². The van der Waals surface area contributed by atoms with Crippen molar-refractivity contribution in [2.45, 2.75) is 19.0 Å². The number of amides is 1. The Morgan fingerprint density at radius 1 is 0.976 bits per heavy atom. The number of thioether (sulfide) groups is 1. The normalized spacial score (nSPS) is 18.1. The second kappa shape index (κ2) is 11.6. The van der Waals surface area contributed by atoms with Gasteiger partial charge >= 0.3 is 12.4 Å². The van der Waals surface area contributed by atoms with E-state index in [1.165, 1.54) is 29.6 Å². The van der Waals surface area contributed by atoms with Crippen LogP contribution in [0.2, 0.25) is 0 Å². The van der Waals surface area contributed by atoms with Gasteiger partial charge in [0.1, 0.15) is 6.61 Å². The summed E-state index contributed by atoms with van der Waals surface area (Å²) in [5, 5.41) is 0.443. The van der Waals surface area contributed by atoms with Crippen molar-refractivity contribution in [3.8, 4) is 11.5 Å². The lowest BCUT2D eigenvalue weighted by Gasteiger charge is -2.33. The fourth-order valence-corrected chi connectivity index (χ4v) is 5.88. The number of ether oxygens (including phenoxy) is 2. The molecule has 0 saturated carbocycles. The highest BCUT2D eigenvalue weighted by Crippen LogP contribution is 2.39. The number of hydrogen-bond acceptors (Lipinski definition) is 7. The molecule has 0 bridgehead atoms. The van der Waals surface area contributed by atoms with Gasteiger partial charge in [-0.2, -0.15) is 35.6 Å². The van der Waals surface area contributed by atoms with Gasteiger partial charge in [-0.25, -0.2) is 8.42 Å². The van der Waals surface area contributed by atoms with Crippen molar-refractivity contribution in [2.24, 2.45) is 4.99 Å². The second-order valence-electron chi connectivity index (χ2n) is 9.03. The zero-order chi connectivity index (χ0) is 30.2. The van der Waals surface area contributed by atoms with E-state index in [0.717, 1.165) is 24.1 Å². The van der Waals surface area contributed by atoms with Gasteiger partial charge in [0.15, 0.2) is 16.7 Å². The molecule has 41 heavy (non-hydrogen) atoms. The lowest BCUT2D eigenvalue weighted by Crippen LogP contribution is -2.49. The van der Waals surface area contributed by atoms with E-state index in [1.807, 2.05) is 4.90 Å². The molecule has 222 valence electrons. The maximum Gasteiger partial charge on any atom is 0.416 e. The van der Waals surface area contributed by atoms with E-state index in [2.05, 4.69) is 4.99 Å². The van der Waals surface area contributed by atoms with Crippen LogP contribution >= 0.6 is 11.8 Å². The van der Waals surface area contributed by atoms with Crippen molar-refractivity contribution in [3.63, 3.8) is 0 Å². The number of amidine groups is 1. The van der Waals surface area contributed by atoms with Gasteiger partial charge in [0, 0.05) is 31.7 Å². The van der Waals surface area contributed by atoms with Crippen molar-refractivity contribution in [3.05, 3.63) is 63.6 Å². The molecule has 0 radical (unpaired) electrons. The molecular weight excluding hydrogens is 600 g/mol. The van der Waals surface area contributed by atoms with E-state index in [-0.39, 0.29) is 30.7 Å². The maximum atomic E-state index is 13.5. The molecule has 2 aromatic carbocycles. The molecule has 0 unspecified atom stereocenters. The maximum absolute atomic E-state index is 13.5. The number of halogens is 6. The molecule has 1 fully saturated rings. The van der Waals surface area contributed by atoms with Crippen LogP contribution < -0.4 is 9.47 Å². The highest BCUT2D eigenvalue weighted by molar-refractivity contribution is 8.18. The van der Waals surface area contributed by atoms with E-state index in [0.29, 0.717) is 34.8 Å². The average Bonchev–Trinajstić information content (AvgIpc) is 3.26. The van der Waals surface area contributed by atoms with Crippen LogP contribution in [0.3, 0.4) is 0 Å². The summed E-state index contributed by atoms with van der Waals surface area (Å²) in [6, 6.07) is 5.73. The molecule has 2 aliphatic rings. The highest BCUT2D eigenvalue weighted by Gasteiger charge is 2.38. The minimum absolute atomic E-state index is 0.0359. The van der Waals surface area contributed by atoms with E-state index < -0.39 is 51.6 Å². The van der Waals surface area contributed by atoms with Crippen molar-refractivity contribution in [1.82, 2.24) is 9.21 Å². The van der Waals surface area contributed by atoms with Crippen molar-refractivity contribution >= 4 is 38.9 Å². The number of hydrogen-bond donors (Lipinski definition) is 0. The summed E-state index contributed by atoms with van der Waals surface area (Å²) in [6.07, 6.45) is -7.30. The van der Waals surface area contributed by atoms with Crippen molar-refractivity contribution < 1.29 is 49.0 Å². The molecule has 2 aromatic rings. The quantitative estimate of drug-likeness (QED) is 0.336. The Balaban J connectivity index is 1.46. The van der Waals surface area contributed by atoms with E-state index in [4.69, 9.17) is 9.47 Å². The van der Waals surface area contributed by atoms with Crippen LogP contribution in [0.4, 0.5) is 26.3 Å². The number of nitrogens with zero attached hydrogens (tertiary/aromatic N) is 3. The molecule has 0 spiro atoms. The summed E-state index contributed by atoms with van der Waals surface area (Å²) >= 11 is 1.12. The number of benzene rings is 2. The molecular formula is C25H23F6N3O5S2. The highest BCUT2D eigenvalue weighted by atomic mass is 32.2. The average molecular weight is 624 g/mol. The molecule has 4 rings (SSSR count). The predicted molar refractivity (Wildman–Crippen MR) is 140 cm³/mol. The number of aliphatic imine (C=N–C) groups is 1. The van der Waals surface area contributed by atoms with Gasteiger partial charge < -0.3 is 14.4 Å². The van der Waals surface area contributed by atoms with Crippen molar-refractivity contribution in [2.75, 3.05) is 39.5 Å². The monoisotopic (exact) mass is 623 g/mol. The first-order chi connectivity index (χ1) is 19.1. The molecule has 2 heterocycles. The van der Waals surface area contributed by atoms with Crippen molar-refractivity contribution in [1.29, 1.82) is 0 Å². The van der Waals surface area contributed by atoms with Gasteiger partial charge in [-0.1, -0.05) is 12.1 Å². The third-order valence-corrected chi connectivity index (χ3v) is 8.55. The van der Waals surface area contributed by atoms with Crippen LogP contribution in [0, 0.1) is 0 Å². The zero-order valence-corrected chi connectivity index (χ0v) is 23.2. The minimum Gasteiger partial charge on any atom is -0.493 e. The summed E-state index contributed by atoms with van der Waals surface area (Å²) in [5.41, 5.74) is -2.88. The lowest BCUT2D eigenvalue weighted by molar-refractivity contribution is -0.143. The van der Waals surface area contributed by atoms with Crippen LogP contribution in [-0.2, 0) is 33.8 Å². The zero-order valence-electron chi connectivity index (χ0n) is 21.5. The lowest BCUT2D eigenvalue weighted by atomic mass is 10.0. The number of methoxy groups -OCH3 is 1. The van der Waals surface area contributed by atoms with Crippen LogP contribution in [0.15, 0.2) is 46.3 Å². The summed E-state index contributed by atoms with van der Waals surface area (Å²) in [6.45, 7) is 0.590. The Labute approximate surface area is 235 Å².